The van der Waals surface area contributed by atoms with Gasteiger partial charge in [-0.1, -0.05) is 32.8 Å². The number of nitro benzene ring substituents is 1. The minimum absolute atomic E-state index is 0.0246. The molecule has 0 saturated carbocycles. The standard InChI is InChI=1S/C20H25NO6/c1-5-8-12(3)26-19-17(22)14-10-7-11-15(21(24)25)16(14)18(23)20(19)27-13(4)9-6-2/h7,10-13H,5-6,8-9H2,1-4H3. The molecule has 0 spiro atoms. The van der Waals surface area contributed by atoms with Crippen LogP contribution in [-0.4, -0.2) is 28.7 Å². The molecule has 0 N–H and O–H groups in total. The smallest absolute Gasteiger partial charge is 0.281 e. The second-order valence-electron chi connectivity index (χ2n) is 6.71. The second kappa shape index (κ2) is 8.79. The van der Waals surface area contributed by atoms with Gasteiger partial charge in [-0.2, -0.15) is 0 Å². The highest BCUT2D eigenvalue weighted by Crippen LogP contribution is 2.34. The average Bonchev–Trinajstić information content (AvgIpc) is 2.62. The maximum absolute atomic E-state index is 13.1. The topological polar surface area (TPSA) is 95.7 Å². The fourth-order valence-electron chi connectivity index (χ4n) is 3.11. The van der Waals surface area contributed by atoms with E-state index >= 15 is 0 Å². The number of benzene rings is 1. The zero-order valence-electron chi connectivity index (χ0n) is 16.1. The molecule has 0 amide bonds. The lowest BCUT2D eigenvalue weighted by molar-refractivity contribution is -0.385. The van der Waals surface area contributed by atoms with Crippen molar-refractivity contribution in [3.63, 3.8) is 0 Å². The van der Waals surface area contributed by atoms with Crippen molar-refractivity contribution in [2.75, 3.05) is 0 Å². The highest BCUT2D eigenvalue weighted by molar-refractivity contribution is 6.26. The highest BCUT2D eigenvalue weighted by atomic mass is 16.6. The van der Waals surface area contributed by atoms with Gasteiger partial charge in [0.25, 0.3) is 5.69 Å². The van der Waals surface area contributed by atoms with Crippen LogP contribution >= 0.6 is 0 Å². The van der Waals surface area contributed by atoms with Gasteiger partial charge in [-0.05, 0) is 32.8 Å². The summed E-state index contributed by atoms with van der Waals surface area (Å²) in [5.74, 6) is -1.63. The van der Waals surface area contributed by atoms with Crippen LogP contribution in [0.3, 0.4) is 0 Å². The highest BCUT2D eigenvalue weighted by Gasteiger charge is 2.40. The molecule has 1 aromatic carbocycles. The van der Waals surface area contributed by atoms with E-state index in [1.807, 2.05) is 20.8 Å². The first kappa shape index (κ1) is 20.6. The largest absolute Gasteiger partial charge is 0.483 e. The van der Waals surface area contributed by atoms with Crippen LogP contribution in [0.2, 0.25) is 0 Å². The third-order valence-electron chi connectivity index (χ3n) is 4.36. The van der Waals surface area contributed by atoms with Gasteiger partial charge in [0, 0.05) is 11.6 Å². The summed E-state index contributed by atoms with van der Waals surface area (Å²) in [6.45, 7) is 7.56. The van der Waals surface area contributed by atoms with Crippen LogP contribution < -0.4 is 0 Å². The number of nitro groups is 1. The van der Waals surface area contributed by atoms with Gasteiger partial charge in [0.15, 0.2) is 0 Å². The minimum Gasteiger partial charge on any atom is -0.483 e. The molecule has 2 atom stereocenters. The van der Waals surface area contributed by atoms with Crippen molar-refractivity contribution in [2.45, 2.75) is 65.6 Å². The van der Waals surface area contributed by atoms with Gasteiger partial charge < -0.3 is 9.47 Å². The summed E-state index contributed by atoms with van der Waals surface area (Å²) in [5.41, 5.74) is -0.666. The van der Waals surface area contributed by atoms with Crippen LogP contribution in [0, 0.1) is 10.1 Å². The van der Waals surface area contributed by atoms with Crippen LogP contribution in [-0.2, 0) is 9.47 Å². The number of rotatable bonds is 9. The molecule has 7 heteroatoms. The van der Waals surface area contributed by atoms with Crippen molar-refractivity contribution >= 4 is 17.3 Å². The molecule has 1 aliphatic rings. The molecule has 1 aliphatic carbocycles. The van der Waals surface area contributed by atoms with E-state index < -0.39 is 22.2 Å². The molecule has 146 valence electrons. The number of ether oxygens (including phenoxy) is 2. The summed E-state index contributed by atoms with van der Waals surface area (Å²) in [5, 5.41) is 11.4. The third kappa shape index (κ3) is 4.35. The molecule has 7 nitrogen and oxygen atoms in total. The van der Waals surface area contributed by atoms with Crippen molar-refractivity contribution in [1.82, 2.24) is 0 Å². The lowest BCUT2D eigenvalue weighted by Gasteiger charge is -2.25. The molecule has 2 rings (SSSR count). The Labute approximate surface area is 158 Å². The summed E-state index contributed by atoms with van der Waals surface area (Å²) >= 11 is 0. The van der Waals surface area contributed by atoms with E-state index in [1.54, 1.807) is 6.92 Å². The van der Waals surface area contributed by atoms with Gasteiger partial charge in [0.2, 0.25) is 23.1 Å². The van der Waals surface area contributed by atoms with Gasteiger partial charge in [-0.25, -0.2) is 0 Å². The van der Waals surface area contributed by atoms with Crippen molar-refractivity contribution < 1.29 is 24.0 Å². The number of allylic oxidation sites excluding steroid dienone is 2. The molecule has 0 saturated heterocycles. The van der Waals surface area contributed by atoms with E-state index in [9.17, 15) is 19.7 Å². The van der Waals surface area contributed by atoms with Crippen molar-refractivity contribution in [3.8, 4) is 0 Å². The molecular formula is C20H25NO6. The molecule has 2 unspecified atom stereocenters. The maximum atomic E-state index is 13.1. The summed E-state index contributed by atoms with van der Waals surface area (Å²) in [7, 11) is 0. The summed E-state index contributed by atoms with van der Waals surface area (Å²) in [6, 6.07) is 4.01. The molecule has 0 aromatic heterocycles. The lowest BCUT2D eigenvalue weighted by Crippen LogP contribution is -2.29. The monoisotopic (exact) mass is 375 g/mol. The Balaban J connectivity index is 2.57. The van der Waals surface area contributed by atoms with Crippen LogP contribution in [0.25, 0.3) is 0 Å². The third-order valence-corrected chi connectivity index (χ3v) is 4.36. The van der Waals surface area contributed by atoms with E-state index in [-0.39, 0.29) is 34.9 Å². The van der Waals surface area contributed by atoms with E-state index in [0.717, 1.165) is 12.8 Å². The first-order chi connectivity index (χ1) is 12.8. The normalized spacial score (nSPS) is 16.0. The number of carbonyl (C=O) groups is 2. The van der Waals surface area contributed by atoms with E-state index in [0.29, 0.717) is 12.8 Å². The van der Waals surface area contributed by atoms with E-state index in [2.05, 4.69) is 0 Å². The summed E-state index contributed by atoms with van der Waals surface area (Å²) in [4.78, 5) is 36.7. The van der Waals surface area contributed by atoms with Crippen molar-refractivity contribution in [1.29, 1.82) is 0 Å². The average molecular weight is 375 g/mol. The molecule has 0 radical (unpaired) electrons. The Morgan fingerprint density at radius 2 is 1.48 bits per heavy atom. The van der Waals surface area contributed by atoms with Gasteiger partial charge in [-0.15, -0.1) is 0 Å². The lowest BCUT2D eigenvalue weighted by atomic mass is 9.90. The Morgan fingerprint density at radius 3 is 1.96 bits per heavy atom. The fraction of sp³-hybridized carbons (Fsp3) is 0.500. The molecule has 1 aromatic rings. The number of carbonyl (C=O) groups excluding carboxylic acids is 2. The predicted octanol–water partition coefficient (Wildman–Crippen LogP) is 4.60. The summed E-state index contributed by atoms with van der Waals surface area (Å²) in [6.07, 6.45) is 2.43. The molecular weight excluding hydrogens is 350 g/mol. The van der Waals surface area contributed by atoms with Crippen molar-refractivity contribution in [3.05, 3.63) is 51.0 Å². The zero-order chi connectivity index (χ0) is 20.1. The number of nitrogens with zero attached hydrogens (tertiary/aromatic N) is 1. The van der Waals surface area contributed by atoms with E-state index in [1.165, 1.54) is 18.2 Å². The van der Waals surface area contributed by atoms with E-state index in [4.69, 9.17) is 9.47 Å². The minimum atomic E-state index is -0.682. The summed E-state index contributed by atoms with van der Waals surface area (Å²) < 4.78 is 11.5. The number of ketones is 2. The van der Waals surface area contributed by atoms with Gasteiger partial charge >= 0.3 is 0 Å². The van der Waals surface area contributed by atoms with Gasteiger partial charge in [0.1, 0.15) is 5.56 Å². The predicted molar refractivity (Wildman–Crippen MR) is 99.7 cm³/mol. The molecule has 0 fully saturated rings. The first-order valence-corrected chi connectivity index (χ1v) is 9.26. The molecule has 0 heterocycles. The first-order valence-electron chi connectivity index (χ1n) is 9.26. The molecule has 0 aliphatic heterocycles. The number of fused-ring (bicyclic) bond motifs is 1. The number of hydrogen-bond acceptors (Lipinski definition) is 6. The van der Waals surface area contributed by atoms with Gasteiger partial charge in [-0.3, -0.25) is 19.7 Å². The van der Waals surface area contributed by atoms with Gasteiger partial charge in [0.05, 0.1) is 17.1 Å². The Bertz CT molecular complexity index is 783. The molecule has 0 bridgehead atoms. The number of Topliss-reactive ketones (excluding diaryl/α,β-unsaturated/α-hetero) is 2. The van der Waals surface area contributed by atoms with Crippen LogP contribution in [0.15, 0.2) is 29.7 Å². The Morgan fingerprint density at radius 1 is 0.963 bits per heavy atom. The van der Waals surface area contributed by atoms with Crippen LogP contribution in [0.5, 0.6) is 0 Å². The maximum Gasteiger partial charge on any atom is 0.281 e. The quantitative estimate of drug-likeness (QED) is 0.462. The second-order valence-corrected chi connectivity index (χ2v) is 6.71. The zero-order valence-corrected chi connectivity index (χ0v) is 16.1. The number of hydrogen-bond donors (Lipinski definition) is 0. The van der Waals surface area contributed by atoms with Crippen molar-refractivity contribution in [2.24, 2.45) is 0 Å². The Hall–Kier alpha value is -2.70. The molecule has 27 heavy (non-hydrogen) atoms. The van der Waals surface area contributed by atoms with Crippen LogP contribution in [0.1, 0.15) is 74.1 Å². The fourth-order valence-corrected chi connectivity index (χ4v) is 3.11. The van der Waals surface area contributed by atoms with Crippen LogP contribution in [0.4, 0.5) is 5.69 Å². The SMILES string of the molecule is CCCC(C)OC1=C(OC(C)CCC)C(=O)c2c(cccc2[N+](=O)[O-])C1=O. The Kier molecular flexibility index (Phi) is 6.71.